The Kier molecular flexibility index (Phi) is 5.29. The number of Topliss-reactive ketones (excluding diaryl/α,β-unsaturated/α-hetero) is 1. The van der Waals surface area contributed by atoms with E-state index in [0.717, 1.165) is 0 Å². The van der Waals surface area contributed by atoms with Gasteiger partial charge in [-0.05, 0) is 25.8 Å². The van der Waals surface area contributed by atoms with Gasteiger partial charge >= 0.3 is 5.97 Å². The standard InChI is InChI=1S/C15H22N2O4/c1-5-15(6-2,14(20)21)9-16-13(19)12-7-11(10(3)18)8-17(12)4/h7-8H,5-6,9H2,1-4H3,(H,16,19)(H,20,21). The molecule has 6 nitrogen and oxygen atoms in total. The molecule has 1 aromatic heterocycles. The first-order valence-electron chi connectivity index (χ1n) is 6.96. The summed E-state index contributed by atoms with van der Waals surface area (Å²) < 4.78 is 1.56. The van der Waals surface area contributed by atoms with Crippen molar-refractivity contribution in [1.29, 1.82) is 0 Å². The van der Waals surface area contributed by atoms with E-state index in [1.807, 2.05) is 0 Å². The largest absolute Gasteiger partial charge is 0.481 e. The lowest BCUT2D eigenvalue weighted by Crippen LogP contribution is -2.42. The second-order valence-corrected chi connectivity index (χ2v) is 5.26. The van der Waals surface area contributed by atoms with Gasteiger partial charge in [-0.25, -0.2) is 0 Å². The third-order valence-corrected chi connectivity index (χ3v) is 4.04. The minimum absolute atomic E-state index is 0.0642. The highest BCUT2D eigenvalue weighted by Crippen LogP contribution is 2.25. The maximum atomic E-state index is 12.2. The number of carbonyl (C=O) groups excluding carboxylic acids is 2. The normalized spacial score (nSPS) is 11.2. The van der Waals surface area contributed by atoms with Crippen LogP contribution in [0.4, 0.5) is 0 Å². The first kappa shape index (κ1) is 16.9. The summed E-state index contributed by atoms with van der Waals surface area (Å²) in [6, 6.07) is 1.51. The highest BCUT2D eigenvalue weighted by molar-refractivity contribution is 5.99. The molecule has 6 heteroatoms. The predicted octanol–water partition coefficient (Wildman–Crippen LogP) is 1.85. The van der Waals surface area contributed by atoms with E-state index in [1.165, 1.54) is 13.0 Å². The summed E-state index contributed by atoms with van der Waals surface area (Å²) in [7, 11) is 1.67. The van der Waals surface area contributed by atoms with E-state index in [1.54, 1.807) is 31.7 Å². The summed E-state index contributed by atoms with van der Waals surface area (Å²) in [5.41, 5.74) is -0.158. The SMILES string of the molecule is CCC(CC)(CNC(=O)c1cc(C(C)=O)cn1C)C(=O)O. The molecule has 116 valence electrons. The first-order valence-corrected chi connectivity index (χ1v) is 6.96. The number of carboxylic acids is 1. The van der Waals surface area contributed by atoms with Crippen molar-refractivity contribution < 1.29 is 19.5 Å². The number of aryl methyl sites for hydroxylation is 1. The molecule has 0 spiro atoms. The Labute approximate surface area is 124 Å². The molecule has 0 bridgehead atoms. The smallest absolute Gasteiger partial charge is 0.311 e. The van der Waals surface area contributed by atoms with E-state index in [2.05, 4.69) is 5.32 Å². The number of carbonyl (C=O) groups is 3. The van der Waals surface area contributed by atoms with Gasteiger partial charge in [-0.1, -0.05) is 13.8 Å². The third kappa shape index (κ3) is 3.51. The zero-order valence-electron chi connectivity index (χ0n) is 12.9. The molecule has 1 rings (SSSR count). The van der Waals surface area contributed by atoms with Crippen LogP contribution in [0, 0.1) is 5.41 Å². The summed E-state index contributed by atoms with van der Waals surface area (Å²) >= 11 is 0. The van der Waals surface area contributed by atoms with E-state index >= 15 is 0 Å². The van der Waals surface area contributed by atoms with Crippen LogP contribution in [-0.2, 0) is 11.8 Å². The topological polar surface area (TPSA) is 88.4 Å². The van der Waals surface area contributed by atoms with Crippen LogP contribution < -0.4 is 5.32 Å². The Bertz CT molecular complexity index is 556. The van der Waals surface area contributed by atoms with Crippen LogP contribution in [0.3, 0.4) is 0 Å². The van der Waals surface area contributed by atoms with Gasteiger partial charge in [-0.2, -0.15) is 0 Å². The molecule has 0 saturated heterocycles. The fourth-order valence-electron chi connectivity index (χ4n) is 2.20. The van der Waals surface area contributed by atoms with Crippen molar-refractivity contribution in [2.75, 3.05) is 6.54 Å². The zero-order chi connectivity index (χ0) is 16.2. The van der Waals surface area contributed by atoms with Crippen molar-refractivity contribution in [3.63, 3.8) is 0 Å². The fourth-order valence-corrected chi connectivity index (χ4v) is 2.20. The zero-order valence-corrected chi connectivity index (χ0v) is 12.9. The molecular weight excluding hydrogens is 272 g/mol. The number of nitrogens with zero attached hydrogens (tertiary/aromatic N) is 1. The number of aliphatic carboxylic acids is 1. The van der Waals surface area contributed by atoms with Crippen molar-refractivity contribution in [3.05, 3.63) is 23.5 Å². The molecule has 0 aliphatic carbocycles. The molecule has 0 aromatic carbocycles. The van der Waals surface area contributed by atoms with E-state index in [-0.39, 0.29) is 18.2 Å². The van der Waals surface area contributed by atoms with Crippen LogP contribution in [0.2, 0.25) is 0 Å². The van der Waals surface area contributed by atoms with Crippen LogP contribution in [0.5, 0.6) is 0 Å². The highest BCUT2D eigenvalue weighted by atomic mass is 16.4. The van der Waals surface area contributed by atoms with E-state index in [0.29, 0.717) is 24.1 Å². The van der Waals surface area contributed by atoms with Gasteiger partial charge < -0.3 is 15.0 Å². The van der Waals surface area contributed by atoms with Gasteiger partial charge in [0.1, 0.15) is 5.69 Å². The molecule has 0 saturated carbocycles. The second-order valence-electron chi connectivity index (χ2n) is 5.26. The Morgan fingerprint density at radius 2 is 1.86 bits per heavy atom. The summed E-state index contributed by atoms with van der Waals surface area (Å²) in [5, 5.41) is 12.0. The average Bonchev–Trinajstić information content (AvgIpc) is 2.82. The fraction of sp³-hybridized carbons (Fsp3) is 0.533. The van der Waals surface area contributed by atoms with Crippen molar-refractivity contribution in [2.24, 2.45) is 12.5 Å². The van der Waals surface area contributed by atoms with E-state index in [4.69, 9.17) is 0 Å². The van der Waals surface area contributed by atoms with Gasteiger partial charge in [-0.3, -0.25) is 14.4 Å². The molecule has 2 N–H and O–H groups in total. The lowest BCUT2D eigenvalue weighted by Gasteiger charge is -2.26. The van der Waals surface area contributed by atoms with Crippen molar-refractivity contribution in [3.8, 4) is 0 Å². The molecular formula is C15H22N2O4. The monoisotopic (exact) mass is 294 g/mol. The molecule has 0 aliphatic heterocycles. The minimum atomic E-state index is -0.954. The number of rotatable bonds is 7. The molecule has 0 unspecified atom stereocenters. The number of carboxylic acid groups (broad SMARTS) is 1. The van der Waals surface area contributed by atoms with Crippen molar-refractivity contribution >= 4 is 17.7 Å². The first-order chi connectivity index (χ1) is 9.77. The second kappa shape index (κ2) is 6.56. The van der Waals surface area contributed by atoms with Gasteiger partial charge in [0, 0.05) is 25.4 Å². The van der Waals surface area contributed by atoms with E-state index in [9.17, 15) is 19.5 Å². The number of nitrogens with one attached hydrogen (secondary N) is 1. The molecule has 0 fully saturated rings. The predicted molar refractivity (Wildman–Crippen MR) is 78.4 cm³/mol. The van der Waals surface area contributed by atoms with Crippen molar-refractivity contribution in [1.82, 2.24) is 9.88 Å². The Morgan fingerprint density at radius 3 is 2.24 bits per heavy atom. The van der Waals surface area contributed by atoms with E-state index < -0.39 is 11.4 Å². The maximum Gasteiger partial charge on any atom is 0.311 e. The molecule has 1 heterocycles. The van der Waals surface area contributed by atoms with Gasteiger partial charge in [0.2, 0.25) is 0 Å². The molecule has 1 amide bonds. The summed E-state index contributed by atoms with van der Waals surface area (Å²) in [5.74, 6) is -1.41. The summed E-state index contributed by atoms with van der Waals surface area (Å²) in [4.78, 5) is 34.9. The van der Waals surface area contributed by atoms with Crippen LogP contribution in [-0.4, -0.2) is 33.9 Å². The Balaban J connectivity index is 2.87. The minimum Gasteiger partial charge on any atom is -0.481 e. The summed E-state index contributed by atoms with van der Waals surface area (Å²) in [6.07, 6.45) is 2.46. The quantitative estimate of drug-likeness (QED) is 0.751. The number of hydrogen-bond donors (Lipinski definition) is 2. The van der Waals surface area contributed by atoms with Gasteiger partial charge in [-0.15, -0.1) is 0 Å². The van der Waals surface area contributed by atoms with Crippen LogP contribution in [0.25, 0.3) is 0 Å². The average molecular weight is 294 g/mol. The summed E-state index contributed by atoms with van der Waals surface area (Å²) in [6.45, 7) is 5.08. The van der Waals surface area contributed by atoms with Crippen molar-refractivity contribution in [2.45, 2.75) is 33.6 Å². The van der Waals surface area contributed by atoms with Crippen LogP contribution >= 0.6 is 0 Å². The molecule has 0 aliphatic rings. The number of ketones is 1. The number of hydrogen-bond acceptors (Lipinski definition) is 3. The number of amides is 1. The van der Waals surface area contributed by atoms with Gasteiger partial charge in [0.15, 0.2) is 5.78 Å². The lowest BCUT2D eigenvalue weighted by atomic mass is 9.82. The lowest BCUT2D eigenvalue weighted by molar-refractivity contribution is -0.149. The molecule has 1 aromatic rings. The molecule has 0 atom stereocenters. The highest BCUT2D eigenvalue weighted by Gasteiger charge is 2.35. The van der Waals surface area contributed by atoms with Gasteiger partial charge in [0.25, 0.3) is 5.91 Å². The van der Waals surface area contributed by atoms with Gasteiger partial charge in [0.05, 0.1) is 5.41 Å². The molecule has 0 radical (unpaired) electrons. The molecule has 21 heavy (non-hydrogen) atoms. The third-order valence-electron chi connectivity index (χ3n) is 4.04. The van der Waals surface area contributed by atoms with Crippen LogP contribution in [0.1, 0.15) is 54.5 Å². The number of aromatic nitrogens is 1. The Hall–Kier alpha value is -2.11. The maximum absolute atomic E-state index is 12.2. The van der Waals surface area contributed by atoms with Crippen LogP contribution in [0.15, 0.2) is 12.3 Å². The Morgan fingerprint density at radius 1 is 1.29 bits per heavy atom.